The summed E-state index contributed by atoms with van der Waals surface area (Å²) in [5.74, 6) is 1.89. The largest absolute Gasteiger partial charge is 0.494 e. The molecule has 206 valence electrons. The molecule has 3 heterocycles. The lowest BCUT2D eigenvalue weighted by atomic mass is 10.1. The minimum atomic E-state index is -0.298. The molecule has 0 bridgehead atoms. The van der Waals surface area contributed by atoms with Crippen LogP contribution in [0.15, 0.2) is 43.2 Å². The Bertz CT molecular complexity index is 1330. The van der Waals surface area contributed by atoms with Crippen LogP contribution in [-0.4, -0.2) is 77.6 Å². The summed E-state index contributed by atoms with van der Waals surface area (Å²) in [6.07, 6.45) is 7.39. The summed E-state index contributed by atoms with van der Waals surface area (Å²) >= 11 is 0. The number of anilines is 4. The van der Waals surface area contributed by atoms with Crippen molar-refractivity contribution >= 4 is 28.9 Å². The number of carbonyl (C=O) groups is 1. The molecule has 1 saturated carbocycles. The molecule has 2 aliphatic rings. The lowest BCUT2D eigenvalue weighted by Crippen LogP contribution is -2.36. The molecule has 0 unspecified atom stereocenters. The van der Waals surface area contributed by atoms with Gasteiger partial charge in [-0.05, 0) is 38.6 Å². The number of hydrogen-bond acceptors (Lipinski definition) is 9. The smallest absolute Gasteiger partial charge is 0.247 e. The van der Waals surface area contributed by atoms with Gasteiger partial charge in [-0.1, -0.05) is 13.5 Å². The molecule has 0 radical (unpaired) electrons. The molecule has 2 aromatic heterocycles. The Morgan fingerprint density at radius 1 is 1.28 bits per heavy atom. The average Bonchev–Trinajstić information content (AvgIpc) is 3.73. The van der Waals surface area contributed by atoms with Gasteiger partial charge in [0.15, 0.2) is 5.82 Å². The van der Waals surface area contributed by atoms with Gasteiger partial charge in [0.25, 0.3) is 0 Å². The Morgan fingerprint density at radius 2 is 2.08 bits per heavy atom. The summed E-state index contributed by atoms with van der Waals surface area (Å²) in [4.78, 5) is 25.9. The number of morpholine rings is 1. The van der Waals surface area contributed by atoms with Crippen LogP contribution in [0.4, 0.5) is 23.0 Å². The molecule has 39 heavy (non-hydrogen) atoms. The van der Waals surface area contributed by atoms with Crippen LogP contribution >= 0.6 is 0 Å². The van der Waals surface area contributed by atoms with E-state index in [9.17, 15) is 4.79 Å². The van der Waals surface area contributed by atoms with Gasteiger partial charge in [-0.15, -0.1) is 0 Å². The van der Waals surface area contributed by atoms with E-state index in [-0.39, 0.29) is 5.91 Å². The van der Waals surface area contributed by atoms with E-state index in [1.165, 1.54) is 24.5 Å². The van der Waals surface area contributed by atoms with Crippen molar-refractivity contribution in [2.24, 2.45) is 0 Å². The van der Waals surface area contributed by atoms with Crippen LogP contribution in [-0.2, 0) is 16.1 Å². The molecule has 5 rings (SSSR count). The summed E-state index contributed by atoms with van der Waals surface area (Å²) in [7, 11) is 3.73. The molecular weight excluding hydrogens is 496 g/mol. The van der Waals surface area contributed by atoms with Crippen LogP contribution in [0.25, 0.3) is 5.82 Å². The fraction of sp³-hybridized carbons (Fsp3) is 0.429. The molecule has 0 spiro atoms. The maximum Gasteiger partial charge on any atom is 0.247 e. The Kier molecular flexibility index (Phi) is 8.08. The molecule has 11 nitrogen and oxygen atoms in total. The van der Waals surface area contributed by atoms with Crippen LogP contribution in [0.1, 0.15) is 36.9 Å². The van der Waals surface area contributed by atoms with E-state index in [2.05, 4.69) is 52.2 Å². The number of nitrogens with one attached hydrogen (secondary N) is 2. The first-order valence-corrected chi connectivity index (χ1v) is 13.3. The number of ether oxygens (including phenoxy) is 2. The second-order valence-corrected chi connectivity index (χ2v) is 9.81. The predicted molar refractivity (Wildman–Crippen MR) is 151 cm³/mol. The molecule has 1 amide bonds. The minimum Gasteiger partial charge on any atom is -0.494 e. The zero-order chi connectivity index (χ0) is 27.4. The van der Waals surface area contributed by atoms with Gasteiger partial charge in [0, 0.05) is 55.6 Å². The maximum absolute atomic E-state index is 12.2. The van der Waals surface area contributed by atoms with Gasteiger partial charge < -0.3 is 29.9 Å². The van der Waals surface area contributed by atoms with Crippen LogP contribution in [0.2, 0.25) is 0 Å². The van der Waals surface area contributed by atoms with Crippen molar-refractivity contribution in [3.8, 4) is 11.6 Å². The lowest BCUT2D eigenvalue weighted by molar-refractivity contribution is -0.111. The number of benzene rings is 1. The number of hydrogen-bond donors (Lipinski definition) is 2. The molecule has 2 N–H and O–H groups in total. The van der Waals surface area contributed by atoms with Gasteiger partial charge in [-0.25, -0.2) is 9.67 Å². The first-order valence-electron chi connectivity index (χ1n) is 13.3. The highest BCUT2D eigenvalue weighted by molar-refractivity contribution is 6.02. The first-order chi connectivity index (χ1) is 19.0. The highest BCUT2D eigenvalue weighted by atomic mass is 16.5. The van der Waals surface area contributed by atoms with E-state index < -0.39 is 0 Å². The first kappa shape index (κ1) is 26.6. The lowest BCUT2D eigenvalue weighted by Gasteiger charge is -2.31. The van der Waals surface area contributed by atoms with Crippen LogP contribution in [0, 0.1) is 0 Å². The summed E-state index contributed by atoms with van der Waals surface area (Å²) in [5.41, 5.74) is 4.49. The van der Waals surface area contributed by atoms with Gasteiger partial charge in [0.2, 0.25) is 11.9 Å². The van der Waals surface area contributed by atoms with Crippen LogP contribution in [0.3, 0.4) is 0 Å². The van der Waals surface area contributed by atoms with Gasteiger partial charge in [-0.3, -0.25) is 4.79 Å². The summed E-state index contributed by atoms with van der Waals surface area (Å²) < 4.78 is 13.1. The maximum atomic E-state index is 12.2. The summed E-state index contributed by atoms with van der Waals surface area (Å²) in [6.45, 7) is 10.2. The SMILES string of the molecule is C=CC(=O)Nc1cc(Nc2nccc(-n3cc(CN(C)CC)c(C4CC4)n3)n2)c(OC)cc1N1CCOCC1. The van der Waals surface area contributed by atoms with Crippen molar-refractivity contribution in [2.45, 2.75) is 32.2 Å². The van der Waals surface area contributed by atoms with Gasteiger partial charge >= 0.3 is 0 Å². The van der Waals surface area contributed by atoms with E-state index in [1.54, 1.807) is 13.3 Å². The highest BCUT2D eigenvalue weighted by Gasteiger charge is 2.30. The van der Waals surface area contributed by atoms with Crippen molar-refractivity contribution in [1.82, 2.24) is 24.6 Å². The molecule has 1 saturated heterocycles. The fourth-order valence-corrected chi connectivity index (χ4v) is 4.61. The third-order valence-electron chi connectivity index (χ3n) is 7.00. The van der Waals surface area contributed by atoms with Gasteiger partial charge in [-0.2, -0.15) is 10.1 Å². The number of rotatable bonds is 11. The minimum absolute atomic E-state index is 0.298. The van der Waals surface area contributed by atoms with E-state index in [0.29, 0.717) is 61.1 Å². The molecule has 1 aliphatic carbocycles. The predicted octanol–water partition coefficient (Wildman–Crippen LogP) is 3.70. The quantitative estimate of drug-likeness (QED) is 0.357. The number of aromatic nitrogens is 4. The van der Waals surface area contributed by atoms with Crippen molar-refractivity contribution in [3.05, 3.63) is 54.5 Å². The van der Waals surface area contributed by atoms with Crippen molar-refractivity contribution in [3.63, 3.8) is 0 Å². The third kappa shape index (κ3) is 6.21. The van der Waals surface area contributed by atoms with Crippen LogP contribution in [0.5, 0.6) is 5.75 Å². The highest BCUT2D eigenvalue weighted by Crippen LogP contribution is 2.41. The molecule has 11 heteroatoms. The third-order valence-corrected chi connectivity index (χ3v) is 7.00. The summed E-state index contributed by atoms with van der Waals surface area (Å²) in [5, 5.41) is 11.1. The normalized spacial score (nSPS) is 15.3. The van der Waals surface area contributed by atoms with E-state index in [1.807, 2.05) is 22.9 Å². The second kappa shape index (κ2) is 11.8. The Morgan fingerprint density at radius 3 is 2.77 bits per heavy atom. The van der Waals surface area contributed by atoms with Crippen molar-refractivity contribution in [2.75, 3.05) is 62.5 Å². The molecule has 3 aromatic rings. The molecule has 0 atom stereocenters. The number of methoxy groups -OCH3 is 1. The molecule has 1 aliphatic heterocycles. The zero-order valence-electron chi connectivity index (χ0n) is 22.8. The number of amides is 1. The topological polar surface area (TPSA) is 110 Å². The van der Waals surface area contributed by atoms with Gasteiger partial charge in [0.05, 0.1) is 43.1 Å². The van der Waals surface area contributed by atoms with Gasteiger partial charge in [0.1, 0.15) is 5.75 Å². The molecular formula is C28H36N8O3. The Labute approximate surface area is 228 Å². The monoisotopic (exact) mass is 532 g/mol. The average molecular weight is 533 g/mol. The summed E-state index contributed by atoms with van der Waals surface area (Å²) in [6, 6.07) is 5.58. The van der Waals surface area contributed by atoms with E-state index in [4.69, 9.17) is 19.6 Å². The Balaban J connectivity index is 1.45. The molecule has 2 fully saturated rings. The van der Waals surface area contributed by atoms with E-state index in [0.717, 1.165) is 24.5 Å². The zero-order valence-corrected chi connectivity index (χ0v) is 22.8. The fourth-order valence-electron chi connectivity index (χ4n) is 4.61. The standard InChI is InChI=1S/C28H36N8O3/c1-5-26(37)30-21-15-22(24(38-4)16-23(21)35-11-13-39-14-12-35)31-28-29-10-9-25(32-28)36-18-20(17-34(3)6-2)27(33-36)19-7-8-19/h5,9-10,15-16,18-19H,1,6-8,11-14,17H2,2-4H3,(H,30,37)(H,29,31,32). The van der Waals surface area contributed by atoms with Crippen molar-refractivity contribution in [1.29, 1.82) is 0 Å². The van der Waals surface area contributed by atoms with Crippen LogP contribution < -0.4 is 20.3 Å². The molecule has 1 aromatic carbocycles. The number of nitrogens with zero attached hydrogens (tertiary/aromatic N) is 6. The van der Waals surface area contributed by atoms with E-state index >= 15 is 0 Å². The number of carbonyl (C=O) groups excluding carboxylic acids is 1. The second-order valence-electron chi connectivity index (χ2n) is 9.81. The Hall–Kier alpha value is -3.96. The van der Waals surface area contributed by atoms with Crippen molar-refractivity contribution < 1.29 is 14.3 Å².